The third-order valence-corrected chi connectivity index (χ3v) is 5.87. The zero-order chi connectivity index (χ0) is 19.2. The highest BCUT2D eigenvalue weighted by Crippen LogP contribution is 2.57. The van der Waals surface area contributed by atoms with Gasteiger partial charge >= 0.3 is 0 Å². The maximum atomic E-state index is 10.0. The molecule has 27 heavy (non-hydrogen) atoms. The Morgan fingerprint density at radius 2 is 1.89 bits per heavy atom. The Bertz CT molecular complexity index is 988. The Kier molecular flexibility index (Phi) is 3.83. The predicted molar refractivity (Wildman–Crippen MR) is 95.8 cm³/mol. The number of fused-ring (bicyclic) bond motifs is 2. The van der Waals surface area contributed by atoms with Gasteiger partial charge in [0.05, 0.1) is 23.4 Å². The van der Waals surface area contributed by atoms with Crippen molar-refractivity contribution in [1.82, 2.24) is 0 Å². The van der Waals surface area contributed by atoms with Crippen LogP contribution in [-0.4, -0.2) is 6.79 Å². The predicted octanol–water partition coefficient (Wildman–Crippen LogP) is 3.25. The van der Waals surface area contributed by atoms with Crippen molar-refractivity contribution in [2.75, 3.05) is 6.79 Å². The van der Waals surface area contributed by atoms with Crippen molar-refractivity contribution < 1.29 is 9.47 Å². The number of nitrogens with zero attached hydrogens (tertiary/aromatic N) is 3. The van der Waals surface area contributed by atoms with Crippen molar-refractivity contribution in [2.45, 2.75) is 25.7 Å². The highest BCUT2D eigenvalue weighted by molar-refractivity contribution is 5.60. The summed E-state index contributed by atoms with van der Waals surface area (Å²) in [6.45, 7) is 2.29. The number of allylic oxidation sites excluding steroid dienone is 4. The van der Waals surface area contributed by atoms with Crippen molar-refractivity contribution in [1.29, 1.82) is 15.8 Å². The summed E-state index contributed by atoms with van der Waals surface area (Å²) in [6.07, 6.45) is 3.68. The third kappa shape index (κ3) is 2.29. The lowest BCUT2D eigenvalue weighted by Crippen LogP contribution is -2.43. The molecule has 6 heteroatoms. The van der Waals surface area contributed by atoms with Gasteiger partial charge in [-0.05, 0) is 47.9 Å². The molecule has 3 atom stereocenters. The SMILES string of the molecule is C[C@@H]1CC=C2C(C#N)=C(N)C(C#N)(C#N)[C@@H](c3ccc4c(c3)OCO4)[C@H]2C1. The maximum Gasteiger partial charge on any atom is 0.231 e. The van der Waals surface area contributed by atoms with Crippen molar-refractivity contribution in [3.8, 4) is 29.7 Å². The molecule has 3 aliphatic rings. The fraction of sp³-hybridized carbons (Fsp3) is 0.381. The van der Waals surface area contributed by atoms with Gasteiger partial charge in [0.15, 0.2) is 16.9 Å². The Balaban J connectivity index is 1.98. The molecular weight excluding hydrogens is 340 g/mol. The fourth-order valence-electron chi connectivity index (χ4n) is 4.56. The number of ether oxygens (including phenoxy) is 2. The van der Waals surface area contributed by atoms with E-state index in [1.165, 1.54) is 0 Å². The minimum atomic E-state index is -1.60. The quantitative estimate of drug-likeness (QED) is 0.823. The fourth-order valence-corrected chi connectivity index (χ4v) is 4.56. The molecule has 0 fully saturated rings. The van der Waals surface area contributed by atoms with Crippen LogP contribution < -0.4 is 15.2 Å². The van der Waals surface area contributed by atoms with Crippen LogP contribution in [0.4, 0.5) is 0 Å². The summed E-state index contributed by atoms with van der Waals surface area (Å²) in [5.41, 5.74) is 6.68. The van der Waals surface area contributed by atoms with Crippen molar-refractivity contribution in [3.05, 3.63) is 46.7 Å². The van der Waals surface area contributed by atoms with E-state index in [0.717, 1.165) is 24.0 Å². The molecule has 4 rings (SSSR count). The standard InChI is InChI=1S/C21H18N4O2/c1-12-2-4-14-15(6-12)19(13-3-5-17-18(7-13)27-11-26-17)21(9-23,10-24)20(25)16(14)8-22/h3-5,7,12,15,19H,2,6,11,25H2,1H3/t12-,15+,19+/m1/s1. The first-order chi connectivity index (χ1) is 13.1. The van der Waals surface area contributed by atoms with Gasteiger partial charge in [0.1, 0.15) is 6.07 Å². The zero-order valence-corrected chi connectivity index (χ0v) is 14.9. The molecular formula is C21H18N4O2. The van der Waals surface area contributed by atoms with Crippen LogP contribution in [0.25, 0.3) is 0 Å². The largest absolute Gasteiger partial charge is 0.454 e. The highest BCUT2D eigenvalue weighted by atomic mass is 16.7. The van der Waals surface area contributed by atoms with E-state index in [0.29, 0.717) is 17.4 Å². The van der Waals surface area contributed by atoms with E-state index in [1.807, 2.05) is 18.2 Å². The minimum Gasteiger partial charge on any atom is -0.454 e. The summed E-state index contributed by atoms with van der Waals surface area (Å²) in [5.74, 6) is 1.02. The number of rotatable bonds is 1. The van der Waals surface area contributed by atoms with Crippen molar-refractivity contribution >= 4 is 0 Å². The Labute approximate surface area is 157 Å². The molecule has 0 bridgehead atoms. The lowest BCUT2D eigenvalue weighted by molar-refractivity contribution is 0.174. The number of hydrogen-bond donors (Lipinski definition) is 1. The van der Waals surface area contributed by atoms with E-state index in [1.54, 1.807) is 6.07 Å². The maximum absolute atomic E-state index is 10.0. The van der Waals surface area contributed by atoms with Crippen LogP contribution in [-0.2, 0) is 0 Å². The summed E-state index contributed by atoms with van der Waals surface area (Å²) in [5, 5.41) is 29.8. The summed E-state index contributed by atoms with van der Waals surface area (Å²) in [7, 11) is 0. The monoisotopic (exact) mass is 358 g/mol. The second-order valence-electron chi connectivity index (χ2n) is 7.37. The average Bonchev–Trinajstić information content (AvgIpc) is 3.15. The summed E-state index contributed by atoms with van der Waals surface area (Å²) < 4.78 is 10.9. The number of benzene rings is 1. The molecule has 0 spiro atoms. The van der Waals surface area contributed by atoms with Gasteiger partial charge in [-0.2, -0.15) is 15.8 Å². The smallest absolute Gasteiger partial charge is 0.231 e. The summed E-state index contributed by atoms with van der Waals surface area (Å²) in [4.78, 5) is 0. The Morgan fingerprint density at radius 1 is 1.15 bits per heavy atom. The number of hydrogen-bond acceptors (Lipinski definition) is 6. The number of nitrogens with two attached hydrogens (primary N) is 1. The normalized spacial score (nSPS) is 27.6. The second kappa shape index (κ2) is 6.08. The molecule has 0 amide bonds. The van der Waals surface area contributed by atoms with Gasteiger partial charge in [-0.1, -0.05) is 19.1 Å². The van der Waals surface area contributed by atoms with Gasteiger partial charge in [0.2, 0.25) is 6.79 Å². The number of nitriles is 3. The Morgan fingerprint density at radius 3 is 2.59 bits per heavy atom. The molecule has 0 saturated heterocycles. The average molecular weight is 358 g/mol. The molecule has 1 aliphatic heterocycles. The zero-order valence-electron chi connectivity index (χ0n) is 14.9. The van der Waals surface area contributed by atoms with Gasteiger partial charge in [-0.3, -0.25) is 0 Å². The lowest BCUT2D eigenvalue weighted by Gasteiger charge is -2.44. The van der Waals surface area contributed by atoms with Crippen LogP contribution >= 0.6 is 0 Å². The molecule has 0 radical (unpaired) electrons. The molecule has 1 heterocycles. The van der Waals surface area contributed by atoms with E-state index in [2.05, 4.69) is 25.1 Å². The van der Waals surface area contributed by atoms with Gasteiger partial charge in [-0.25, -0.2) is 0 Å². The van der Waals surface area contributed by atoms with Crippen LogP contribution in [0.2, 0.25) is 0 Å². The van der Waals surface area contributed by atoms with E-state index in [-0.39, 0.29) is 24.0 Å². The van der Waals surface area contributed by atoms with E-state index >= 15 is 0 Å². The van der Waals surface area contributed by atoms with Crippen LogP contribution in [0, 0.1) is 51.2 Å². The molecule has 0 aromatic heterocycles. The molecule has 6 nitrogen and oxygen atoms in total. The second-order valence-corrected chi connectivity index (χ2v) is 7.37. The first kappa shape index (κ1) is 17.0. The summed E-state index contributed by atoms with van der Waals surface area (Å²) >= 11 is 0. The third-order valence-electron chi connectivity index (χ3n) is 5.87. The van der Waals surface area contributed by atoms with Crippen LogP contribution in [0.1, 0.15) is 31.2 Å². The van der Waals surface area contributed by atoms with Gasteiger partial charge in [0.25, 0.3) is 0 Å². The minimum absolute atomic E-state index is 0.0507. The van der Waals surface area contributed by atoms with E-state index < -0.39 is 11.3 Å². The van der Waals surface area contributed by atoms with E-state index in [4.69, 9.17) is 15.2 Å². The first-order valence-corrected chi connectivity index (χ1v) is 8.88. The molecule has 1 aromatic rings. The van der Waals surface area contributed by atoms with Gasteiger partial charge in [0, 0.05) is 5.92 Å². The van der Waals surface area contributed by atoms with Gasteiger partial charge in [-0.15, -0.1) is 0 Å². The first-order valence-electron chi connectivity index (χ1n) is 8.88. The van der Waals surface area contributed by atoms with Crippen LogP contribution in [0.5, 0.6) is 11.5 Å². The molecule has 0 unspecified atom stereocenters. The van der Waals surface area contributed by atoms with Crippen molar-refractivity contribution in [3.63, 3.8) is 0 Å². The molecule has 134 valence electrons. The molecule has 2 N–H and O–H groups in total. The summed E-state index contributed by atoms with van der Waals surface area (Å²) in [6, 6.07) is 11.9. The van der Waals surface area contributed by atoms with Gasteiger partial charge < -0.3 is 15.2 Å². The Hall–Kier alpha value is -3.43. The van der Waals surface area contributed by atoms with Crippen molar-refractivity contribution in [2.24, 2.45) is 23.0 Å². The molecule has 0 saturated carbocycles. The topological polar surface area (TPSA) is 116 Å². The molecule has 1 aromatic carbocycles. The lowest BCUT2D eigenvalue weighted by atomic mass is 9.56. The van der Waals surface area contributed by atoms with Crippen LogP contribution in [0.3, 0.4) is 0 Å². The highest BCUT2D eigenvalue weighted by Gasteiger charge is 2.54. The molecule has 2 aliphatic carbocycles. The van der Waals surface area contributed by atoms with Crippen LogP contribution in [0.15, 0.2) is 41.1 Å². The van der Waals surface area contributed by atoms with E-state index in [9.17, 15) is 15.8 Å².